The molecular weight excluding hydrogens is 300 g/mol. The van der Waals surface area contributed by atoms with E-state index in [1.165, 1.54) is 6.07 Å². The van der Waals surface area contributed by atoms with E-state index in [0.29, 0.717) is 23.0 Å². The van der Waals surface area contributed by atoms with E-state index in [1.807, 2.05) is 0 Å². The van der Waals surface area contributed by atoms with Crippen molar-refractivity contribution in [3.05, 3.63) is 53.1 Å². The zero-order valence-corrected chi connectivity index (χ0v) is 12.0. The number of halogens is 3. The molecule has 112 valence electrons. The van der Waals surface area contributed by atoms with E-state index in [9.17, 15) is 8.78 Å². The molecule has 1 N–H and O–H groups in total. The second kappa shape index (κ2) is 7.13. The number of methoxy groups -OCH3 is 1. The van der Waals surface area contributed by atoms with Crippen molar-refractivity contribution in [3.8, 4) is 11.5 Å². The topological polar surface area (TPSA) is 30.5 Å². The van der Waals surface area contributed by atoms with Gasteiger partial charge in [0.05, 0.1) is 12.8 Å². The molecule has 0 aliphatic carbocycles. The van der Waals surface area contributed by atoms with Crippen LogP contribution in [0, 0.1) is 0 Å². The minimum atomic E-state index is -2.87. The Labute approximate surface area is 126 Å². The Morgan fingerprint density at radius 3 is 2.52 bits per heavy atom. The molecule has 0 bridgehead atoms. The van der Waals surface area contributed by atoms with E-state index in [1.54, 1.807) is 43.5 Å². The van der Waals surface area contributed by atoms with E-state index in [4.69, 9.17) is 16.3 Å². The number of anilines is 1. The molecule has 2 rings (SSSR count). The second-order valence-electron chi connectivity index (χ2n) is 4.15. The fourth-order valence-electron chi connectivity index (χ4n) is 1.90. The lowest BCUT2D eigenvalue weighted by molar-refractivity contribution is -0.0493. The molecule has 21 heavy (non-hydrogen) atoms. The Morgan fingerprint density at radius 2 is 1.81 bits per heavy atom. The summed E-state index contributed by atoms with van der Waals surface area (Å²) in [6.45, 7) is -2.55. The first-order chi connectivity index (χ1) is 10.1. The molecule has 0 fully saturated rings. The Bertz CT molecular complexity index is 608. The average Bonchev–Trinajstić information content (AvgIpc) is 2.46. The first-order valence-corrected chi connectivity index (χ1v) is 6.58. The molecule has 0 heterocycles. The van der Waals surface area contributed by atoms with Crippen LogP contribution in [0.5, 0.6) is 11.5 Å². The SMILES string of the molecule is COc1cccc(Cl)c1CNc1ccccc1OC(F)F. The van der Waals surface area contributed by atoms with Crippen molar-refractivity contribution in [2.24, 2.45) is 0 Å². The normalized spacial score (nSPS) is 10.5. The van der Waals surface area contributed by atoms with E-state index in [2.05, 4.69) is 10.1 Å². The van der Waals surface area contributed by atoms with Gasteiger partial charge < -0.3 is 14.8 Å². The number of hydrogen-bond donors (Lipinski definition) is 1. The summed E-state index contributed by atoms with van der Waals surface area (Å²) < 4.78 is 34.4. The fraction of sp³-hybridized carbons (Fsp3) is 0.200. The highest BCUT2D eigenvalue weighted by Crippen LogP contribution is 2.30. The van der Waals surface area contributed by atoms with Crippen LogP contribution in [0.2, 0.25) is 5.02 Å². The zero-order valence-electron chi connectivity index (χ0n) is 11.3. The third-order valence-corrected chi connectivity index (χ3v) is 3.21. The number of rotatable bonds is 6. The van der Waals surface area contributed by atoms with Crippen molar-refractivity contribution >= 4 is 17.3 Å². The Morgan fingerprint density at radius 1 is 1.10 bits per heavy atom. The molecule has 0 saturated heterocycles. The van der Waals surface area contributed by atoms with Gasteiger partial charge in [-0.25, -0.2) is 0 Å². The summed E-state index contributed by atoms with van der Waals surface area (Å²) in [6, 6.07) is 11.8. The van der Waals surface area contributed by atoms with Gasteiger partial charge in [0.1, 0.15) is 11.5 Å². The van der Waals surface area contributed by atoms with Gasteiger partial charge in [-0.05, 0) is 24.3 Å². The fourth-order valence-corrected chi connectivity index (χ4v) is 2.13. The summed E-state index contributed by atoms with van der Waals surface area (Å²) in [5, 5.41) is 3.56. The molecular formula is C15H14ClF2NO2. The Hall–Kier alpha value is -2.01. The van der Waals surface area contributed by atoms with Gasteiger partial charge in [0.15, 0.2) is 0 Å². The lowest BCUT2D eigenvalue weighted by atomic mass is 10.2. The second-order valence-corrected chi connectivity index (χ2v) is 4.56. The van der Waals surface area contributed by atoms with Crippen LogP contribution < -0.4 is 14.8 Å². The van der Waals surface area contributed by atoms with Crippen LogP contribution in [-0.2, 0) is 6.54 Å². The maximum Gasteiger partial charge on any atom is 0.387 e. The predicted octanol–water partition coefficient (Wildman–Crippen LogP) is 4.56. The summed E-state index contributed by atoms with van der Waals surface area (Å²) in [5.74, 6) is 0.709. The average molecular weight is 314 g/mol. The maximum absolute atomic E-state index is 12.4. The standard InChI is InChI=1S/C15H14ClF2NO2/c1-20-13-8-4-5-11(16)10(13)9-19-12-6-2-3-7-14(12)21-15(17)18/h2-8,15,19H,9H2,1H3. The number of para-hydroxylation sites is 2. The van der Waals surface area contributed by atoms with Crippen molar-refractivity contribution in [2.75, 3.05) is 12.4 Å². The molecule has 0 aliphatic heterocycles. The molecule has 3 nitrogen and oxygen atoms in total. The van der Waals surface area contributed by atoms with E-state index >= 15 is 0 Å². The maximum atomic E-state index is 12.4. The zero-order chi connectivity index (χ0) is 15.2. The van der Waals surface area contributed by atoms with Gasteiger partial charge in [-0.2, -0.15) is 8.78 Å². The molecule has 6 heteroatoms. The van der Waals surface area contributed by atoms with Gasteiger partial charge in [-0.1, -0.05) is 29.8 Å². The molecule has 0 spiro atoms. The first-order valence-electron chi connectivity index (χ1n) is 6.21. The van der Waals surface area contributed by atoms with Crippen molar-refractivity contribution < 1.29 is 18.3 Å². The molecule has 2 aromatic rings. The minimum absolute atomic E-state index is 0.0820. The van der Waals surface area contributed by atoms with Crippen LogP contribution in [0.25, 0.3) is 0 Å². The Kier molecular flexibility index (Phi) is 5.22. The quantitative estimate of drug-likeness (QED) is 0.848. The molecule has 0 amide bonds. The molecule has 0 aliphatic rings. The molecule has 0 radical (unpaired) electrons. The molecule has 0 aromatic heterocycles. The van der Waals surface area contributed by atoms with Gasteiger partial charge in [-0.15, -0.1) is 0 Å². The highest BCUT2D eigenvalue weighted by Gasteiger charge is 2.11. The van der Waals surface area contributed by atoms with Crippen LogP contribution in [0.1, 0.15) is 5.56 Å². The molecule has 0 atom stereocenters. The predicted molar refractivity (Wildman–Crippen MR) is 78.4 cm³/mol. The third-order valence-electron chi connectivity index (χ3n) is 2.85. The Balaban J connectivity index is 2.17. The summed E-state index contributed by atoms with van der Waals surface area (Å²) in [6.07, 6.45) is 0. The number of ether oxygens (including phenoxy) is 2. The number of hydrogen-bond acceptors (Lipinski definition) is 3. The first kappa shape index (κ1) is 15.4. The summed E-state index contributed by atoms with van der Waals surface area (Å²) in [4.78, 5) is 0. The molecule has 0 saturated carbocycles. The highest BCUT2D eigenvalue weighted by molar-refractivity contribution is 6.31. The van der Waals surface area contributed by atoms with Gasteiger partial charge in [0.25, 0.3) is 0 Å². The third kappa shape index (κ3) is 3.98. The van der Waals surface area contributed by atoms with E-state index < -0.39 is 6.61 Å². The largest absolute Gasteiger partial charge is 0.496 e. The van der Waals surface area contributed by atoms with Crippen LogP contribution >= 0.6 is 11.6 Å². The molecule has 2 aromatic carbocycles. The van der Waals surface area contributed by atoms with Crippen molar-refractivity contribution in [3.63, 3.8) is 0 Å². The summed E-state index contributed by atoms with van der Waals surface area (Å²) >= 11 is 6.13. The van der Waals surface area contributed by atoms with Gasteiger partial charge >= 0.3 is 6.61 Å². The number of benzene rings is 2. The van der Waals surface area contributed by atoms with Crippen LogP contribution in [-0.4, -0.2) is 13.7 Å². The van der Waals surface area contributed by atoms with Gasteiger partial charge in [-0.3, -0.25) is 0 Å². The summed E-state index contributed by atoms with van der Waals surface area (Å²) in [7, 11) is 1.54. The lowest BCUT2D eigenvalue weighted by Crippen LogP contribution is -2.07. The highest BCUT2D eigenvalue weighted by atomic mass is 35.5. The van der Waals surface area contributed by atoms with Crippen molar-refractivity contribution in [1.29, 1.82) is 0 Å². The monoisotopic (exact) mass is 313 g/mol. The van der Waals surface area contributed by atoms with E-state index in [-0.39, 0.29) is 5.75 Å². The summed E-state index contributed by atoms with van der Waals surface area (Å²) in [5.41, 5.74) is 1.20. The van der Waals surface area contributed by atoms with Crippen LogP contribution in [0.3, 0.4) is 0 Å². The minimum Gasteiger partial charge on any atom is -0.496 e. The van der Waals surface area contributed by atoms with Crippen molar-refractivity contribution in [1.82, 2.24) is 0 Å². The van der Waals surface area contributed by atoms with E-state index in [0.717, 1.165) is 5.56 Å². The molecule has 0 unspecified atom stereocenters. The van der Waals surface area contributed by atoms with Crippen LogP contribution in [0.15, 0.2) is 42.5 Å². The van der Waals surface area contributed by atoms with Crippen molar-refractivity contribution in [2.45, 2.75) is 13.2 Å². The smallest absolute Gasteiger partial charge is 0.387 e. The van der Waals surface area contributed by atoms with Gasteiger partial charge in [0, 0.05) is 17.1 Å². The van der Waals surface area contributed by atoms with Gasteiger partial charge in [0.2, 0.25) is 0 Å². The van der Waals surface area contributed by atoms with Crippen LogP contribution in [0.4, 0.5) is 14.5 Å². The lowest BCUT2D eigenvalue weighted by Gasteiger charge is -2.15. The number of nitrogens with one attached hydrogen (secondary N) is 1. The number of alkyl halides is 2.